The van der Waals surface area contributed by atoms with Gasteiger partial charge in [-0.2, -0.15) is 0 Å². The van der Waals surface area contributed by atoms with Crippen LogP contribution in [0.15, 0.2) is 73.3 Å². The zero-order valence-corrected chi connectivity index (χ0v) is 22.2. The average Bonchev–Trinajstić information content (AvgIpc) is 2.86. The van der Waals surface area contributed by atoms with Crippen molar-refractivity contribution in [3.8, 4) is 0 Å². The van der Waals surface area contributed by atoms with E-state index in [0.717, 1.165) is 0 Å². The van der Waals surface area contributed by atoms with Crippen molar-refractivity contribution in [3.63, 3.8) is 0 Å². The number of ether oxygens (including phenoxy) is 3. The molecule has 1 aliphatic rings. The van der Waals surface area contributed by atoms with Crippen LogP contribution in [0, 0.1) is 0 Å². The normalized spacial score (nSPS) is 27.9. The lowest BCUT2D eigenvalue weighted by atomic mass is 9.66. The zero-order chi connectivity index (χ0) is 27.1. The number of hydrogen-bond donors (Lipinski definition) is 4. The summed E-state index contributed by atoms with van der Waals surface area (Å²) < 4.78 is 14.8. The molecule has 3 rings (SSSR count). The van der Waals surface area contributed by atoms with E-state index in [1.807, 2.05) is 12.1 Å². The molecule has 202 valence electrons. The van der Waals surface area contributed by atoms with Gasteiger partial charge in [0, 0.05) is 12.8 Å². The van der Waals surface area contributed by atoms with Crippen LogP contribution in [-0.4, -0.2) is 74.7 Å². The number of aliphatic hydroxyl groups excluding tert-OH is 1. The predicted octanol–water partition coefficient (Wildman–Crippen LogP) is 3.32. The minimum atomic E-state index is -2.14. The molecule has 0 unspecified atom stereocenters. The molecule has 0 aromatic heterocycles. The minimum Gasteiger partial charge on any atom is -0.445 e. The van der Waals surface area contributed by atoms with Gasteiger partial charge < -0.3 is 34.8 Å². The third kappa shape index (κ3) is 7.37. The molecular formula is C26H30Cl3NO7. The SMILES string of the molecule is C=CCO[C@H]1O[C@H](CO)[C@](O)(Cc2ccccc2)[C@@](O)(Cc2ccccc2)[C@@H]1NC(=O)OCC(Cl)(Cl)Cl. The summed E-state index contributed by atoms with van der Waals surface area (Å²) in [5.74, 6) is 0. The van der Waals surface area contributed by atoms with Crippen LogP contribution >= 0.6 is 34.8 Å². The number of rotatable bonds is 10. The van der Waals surface area contributed by atoms with Gasteiger partial charge in [0.25, 0.3) is 0 Å². The van der Waals surface area contributed by atoms with E-state index >= 15 is 0 Å². The summed E-state index contributed by atoms with van der Waals surface area (Å²) in [4.78, 5) is 12.8. The molecule has 5 atom stereocenters. The van der Waals surface area contributed by atoms with Gasteiger partial charge in [0.05, 0.1) is 13.2 Å². The van der Waals surface area contributed by atoms with Crippen LogP contribution in [0.1, 0.15) is 11.1 Å². The van der Waals surface area contributed by atoms with Crippen molar-refractivity contribution in [2.24, 2.45) is 0 Å². The van der Waals surface area contributed by atoms with Gasteiger partial charge in [-0.15, -0.1) is 6.58 Å². The maximum Gasteiger partial charge on any atom is 0.407 e. The van der Waals surface area contributed by atoms with E-state index in [1.165, 1.54) is 6.08 Å². The van der Waals surface area contributed by atoms with Gasteiger partial charge in [0.15, 0.2) is 6.29 Å². The Balaban J connectivity index is 2.09. The van der Waals surface area contributed by atoms with Gasteiger partial charge >= 0.3 is 6.09 Å². The Morgan fingerprint density at radius 1 is 1.03 bits per heavy atom. The number of carbonyl (C=O) groups is 1. The van der Waals surface area contributed by atoms with Gasteiger partial charge in [-0.1, -0.05) is 102 Å². The van der Waals surface area contributed by atoms with E-state index in [2.05, 4.69) is 11.9 Å². The molecule has 1 saturated heterocycles. The van der Waals surface area contributed by atoms with Crippen molar-refractivity contribution < 1.29 is 34.3 Å². The van der Waals surface area contributed by atoms with Crippen molar-refractivity contribution in [1.82, 2.24) is 5.32 Å². The second-order valence-corrected chi connectivity index (χ2v) is 11.3. The van der Waals surface area contributed by atoms with Crippen molar-refractivity contribution in [3.05, 3.63) is 84.4 Å². The highest BCUT2D eigenvalue weighted by Gasteiger charge is 2.65. The van der Waals surface area contributed by atoms with Crippen LogP contribution in [-0.2, 0) is 27.1 Å². The molecule has 2 aromatic rings. The maximum atomic E-state index is 12.8. The van der Waals surface area contributed by atoms with E-state index in [1.54, 1.807) is 48.5 Å². The number of alkyl halides is 3. The number of aliphatic hydroxyl groups is 3. The van der Waals surface area contributed by atoms with Crippen LogP contribution in [0.2, 0.25) is 0 Å². The highest BCUT2D eigenvalue weighted by molar-refractivity contribution is 6.67. The molecule has 0 radical (unpaired) electrons. The average molecular weight is 575 g/mol. The van der Waals surface area contributed by atoms with Gasteiger partial charge in [-0.05, 0) is 11.1 Å². The van der Waals surface area contributed by atoms with Crippen LogP contribution < -0.4 is 5.32 Å². The number of carbonyl (C=O) groups excluding carboxylic acids is 1. The minimum absolute atomic E-state index is 0.0112. The quantitative estimate of drug-likeness (QED) is 0.254. The highest BCUT2D eigenvalue weighted by Crippen LogP contribution is 2.43. The maximum absolute atomic E-state index is 12.8. The number of alkyl carbamates (subject to hydrolysis) is 1. The molecule has 0 aliphatic carbocycles. The van der Waals surface area contributed by atoms with Crippen LogP contribution in [0.25, 0.3) is 0 Å². The second kappa shape index (κ2) is 12.8. The van der Waals surface area contributed by atoms with Crippen molar-refractivity contribution in [2.75, 3.05) is 19.8 Å². The van der Waals surface area contributed by atoms with E-state index in [9.17, 15) is 20.1 Å². The third-order valence-electron chi connectivity index (χ3n) is 6.18. The second-order valence-electron chi connectivity index (χ2n) is 8.78. The van der Waals surface area contributed by atoms with Crippen LogP contribution in [0.3, 0.4) is 0 Å². The summed E-state index contributed by atoms with van der Waals surface area (Å²) in [5, 5.41) is 37.4. The highest BCUT2D eigenvalue weighted by atomic mass is 35.6. The smallest absolute Gasteiger partial charge is 0.407 e. The molecule has 1 amide bonds. The zero-order valence-electron chi connectivity index (χ0n) is 19.9. The fourth-order valence-corrected chi connectivity index (χ4v) is 4.63. The lowest BCUT2D eigenvalue weighted by molar-refractivity contribution is -0.335. The summed E-state index contributed by atoms with van der Waals surface area (Å²) in [6, 6.07) is 16.4. The monoisotopic (exact) mass is 573 g/mol. The molecule has 0 bridgehead atoms. The summed E-state index contributed by atoms with van der Waals surface area (Å²) in [7, 11) is 0. The molecule has 11 heteroatoms. The molecule has 1 heterocycles. The first kappa shape index (κ1) is 29.7. The molecule has 2 aromatic carbocycles. The Morgan fingerprint density at radius 2 is 1.57 bits per heavy atom. The van der Waals surface area contributed by atoms with Crippen LogP contribution in [0.5, 0.6) is 0 Å². The third-order valence-corrected chi connectivity index (χ3v) is 6.51. The summed E-state index contributed by atoms with van der Waals surface area (Å²) in [6.45, 7) is 2.40. The summed E-state index contributed by atoms with van der Waals surface area (Å²) >= 11 is 17.1. The van der Waals surface area contributed by atoms with E-state index < -0.39 is 52.7 Å². The van der Waals surface area contributed by atoms with Gasteiger partial charge in [-0.3, -0.25) is 0 Å². The van der Waals surface area contributed by atoms with Crippen molar-refractivity contribution >= 4 is 40.9 Å². The molecule has 0 saturated carbocycles. The first-order chi connectivity index (χ1) is 17.5. The van der Waals surface area contributed by atoms with Crippen molar-refractivity contribution in [1.29, 1.82) is 0 Å². The molecule has 0 spiro atoms. The van der Waals surface area contributed by atoms with E-state index in [-0.39, 0.29) is 19.4 Å². The predicted molar refractivity (Wildman–Crippen MR) is 141 cm³/mol. The Hall–Kier alpha value is -1.88. The topological polar surface area (TPSA) is 117 Å². The first-order valence-corrected chi connectivity index (χ1v) is 12.7. The summed E-state index contributed by atoms with van der Waals surface area (Å²) in [5.41, 5.74) is -2.92. The number of amides is 1. The molecule has 1 aliphatic heterocycles. The molecule has 4 N–H and O–H groups in total. The Bertz CT molecular complexity index is 1020. The number of hydrogen-bond acceptors (Lipinski definition) is 7. The van der Waals surface area contributed by atoms with Gasteiger partial charge in [-0.25, -0.2) is 4.79 Å². The lowest BCUT2D eigenvalue weighted by Gasteiger charge is -2.56. The Kier molecular flexibility index (Phi) is 10.2. The fourth-order valence-electron chi connectivity index (χ4n) is 4.47. The molecule has 37 heavy (non-hydrogen) atoms. The standard InChI is InChI=1S/C26H30Cl3NO7/c1-2-13-35-22-21(30-23(32)36-17-26(27,28)29)25(34,15-19-11-7-4-8-12-19)24(33,20(16-31)37-22)14-18-9-5-3-6-10-18/h2-12,20-22,31,33-34H,1,13-17H2,(H,30,32)/t20-,21-,22+,24-,25-/m1/s1. The molecular weight excluding hydrogens is 545 g/mol. The van der Waals surface area contributed by atoms with E-state index in [0.29, 0.717) is 11.1 Å². The van der Waals surface area contributed by atoms with Crippen LogP contribution in [0.4, 0.5) is 4.79 Å². The summed E-state index contributed by atoms with van der Waals surface area (Å²) in [6.07, 6.45) is -2.43. The first-order valence-electron chi connectivity index (χ1n) is 11.5. The number of benzene rings is 2. The number of halogens is 3. The fraction of sp³-hybridized carbons (Fsp3) is 0.423. The Morgan fingerprint density at radius 3 is 2.05 bits per heavy atom. The van der Waals surface area contributed by atoms with Gasteiger partial charge in [0.1, 0.15) is 30.0 Å². The Labute approximate surface area is 230 Å². The number of nitrogens with one attached hydrogen (secondary N) is 1. The molecule has 8 nitrogen and oxygen atoms in total. The largest absolute Gasteiger partial charge is 0.445 e. The lowest BCUT2D eigenvalue weighted by Crippen LogP contribution is -2.79. The van der Waals surface area contributed by atoms with E-state index in [4.69, 9.17) is 49.0 Å². The van der Waals surface area contributed by atoms with Crippen molar-refractivity contribution in [2.45, 2.75) is 46.3 Å². The molecule has 1 fully saturated rings. The van der Waals surface area contributed by atoms with Gasteiger partial charge in [0.2, 0.25) is 3.79 Å².